The zero-order valence-corrected chi connectivity index (χ0v) is 12.5. The Labute approximate surface area is 130 Å². The van der Waals surface area contributed by atoms with E-state index in [9.17, 15) is 0 Å². The van der Waals surface area contributed by atoms with Crippen LogP contribution < -0.4 is 16.4 Å². The van der Waals surface area contributed by atoms with Gasteiger partial charge in [-0.25, -0.2) is 0 Å². The predicted molar refractivity (Wildman–Crippen MR) is 94.7 cm³/mol. The molecule has 0 atom stereocenters. The van der Waals surface area contributed by atoms with Crippen LogP contribution >= 0.6 is 0 Å². The molecule has 110 valence electrons. The fraction of sp³-hybridized carbons (Fsp3) is 0.0526. The van der Waals surface area contributed by atoms with Crippen molar-refractivity contribution in [3.63, 3.8) is 0 Å². The lowest BCUT2D eigenvalue weighted by atomic mass is 10.1. The summed E-state index contributed by atoms with van der Waals surface area (Å²) in [6, 6.07) is 24.1. The number of nitrogens with zero attached hydrogens (tertiary/aromatic N) is 1. The lowest BCUT2D eigenvalue weighted by Gasteiger charge is -2.26. The number of aryl methyl sites for hydroxylation is 1. The van der Waals surface area contributed by atoms with Gasteiger partial charge in [0.05, 0.1) is 0 Å². The van der Waals surface area contributed by atoms with E-state index < -0.39 is 0 Å². The molecule has 3 aromatic rings. The lowest BCUT2D eigenvalue weighted by molar-refractivity contribution is 1.27. The minimum atomic E-state index is 0.735. The molecule has 4 N–H and O–H groups in total. The Morgan fingerprint density at radius 1 is 0.636 bits per heavy atom. The molecular formula is C19H19N3. The van der Waals surface area contributed by atoms with Crippen molar-refractivity contribution >= 4 is 28.4 Å². The SMILES string of the molecule is Cc1cccc(N(c2cccc(N)c2)c2cccc(N)c2)c1. The van der Waals surface area contributed by atoms with E-state index in [1.165, 1.54) is 5.56 Å². The van der Waals surface area contributed by atoms with Crippen molar-refractivity contribution in [3.8, 4) is 0 Å². The van der Waals surface area contributed by atoms with Gasteiger partial charge in [-0.05, 0) is 61.0 Å². The predicted octanol–water partition coefficient (Wildman–Crippen LogP) is 4.63. The Kier molecular flexibility index (Phi) is 3.71. The molecule has 0 bridgehead atoms. The molecule has 0 heterocycles. The van der Waals surface area contributed by atoms with Gasteiger partial charge in [-0.3, -0.25) is 0 Å². The first-order valence-corrected chi connectivity index (χ1v) is 7.21. The highest BCUT2D eigenvalue weighted by atomic mass is 15.1. The maximum Gasteiger partial charge on any atom is 0.0482 e. The van der Waals surface area contributed by atoms with E-state index >= 15 is 0 Å². The van der Waals surface area contributed by atoms with Gasteiger partial charge in [0.2, 0.25) is 0 Å². The first-order valence-electron chi connectivity index (χ1n) is 7.21. The summed E-state index contributed by atoms with van der Waals surface area (Å²) < 4.78 is 0. The van der Waals surface area contributed by atoms with Crippen LogP contribution in [0.5, 0.6) is 0 Å². The summed E-state index contributed by atoms with van der Waals surface area (Å²) in [6.45, 7) is 2.08. The van der Waals surface area contributed by atoms with E-state index in [2.05, 4.69) is 36.1 Å². The van der Waals surface area contributed by atoms with Gasteiger partial charge in [0, 0.05) is 28.4 Å². The highest BCUT2D eigenvalue weighted by Gasteiger charge is 2.12. The van der Waals surface area contributed by atoms with Crippen LogP contribution in [0.1, 0.15) is 5.56 Å². The van der Waals surface area contributed by atoms with E-state index in [4.69, 9.17) is 11.5 Å². The van der Waals surface area contributed by atoms with Gasteiger partial charge >= 0.3 is 0 Å². The quantitative estimate of drug-likeness (QED) is 0.691. The molecule has 22 heavy (non-hydrogen) atoms. The van der Waals surface area contributed by atoms with Crippen LogP contribution in [0.2, 0.25) is 0 Å². The Morgan fingerprint density at radius 3 is 1.55 bits per heavy atom. The summed E-state index contributed by atoms with van der Waals surface area (Å²) in [5, 5.41) is 0. The average Bonchev–Trinajstić information content (AvgIpc) is 2.48. The molecule has 0 radical (unpaired) electrons. The number of benzene rings is 3. The van der Waals surface area contributed by atoms with E-state index in [1.54, 1.807) is 0 Å². The summed E-state index contributed by atoms with van der Waals surface area (Å²) in [7, 11) is 0. The van der Waals surface area contributed by atoms with Gasteiger partial charge < -0.3 is 16.4 Å². The molecule has 0 amide bonds. The third kappa shape index (κ3) is 2.88. The fourth-order valence-electron chi connectivity index (χ4n) is 2.54. The molecule has 0 aromatic heterocycles. The topological polar surface area (TPSA) is 55.3 Å². The number of rotatable bonds is 3. The maximum absolute atomic E-state index is 5.96. The standard InChI is InChI=1S/C19H19N3/c1-14-5-2-8-17(11-14)22(18-9-3-6-15(20)12-18)19-10-4-7-16(21)13-19/h2-13H,20-21H2,1H3. The van der Waals surface area contributed by atoms with Crippen LogP contribution in [-0.2, 0) is 0 Å². The summed E-state index contributed by atoms with van der Waals surface area (Å²) >= 11 is 0. The van der Waals surface area contributed by atoms with Crippen LogP contribution in [0, 0.1) is 6.92 Å². The van der Waals surface area contributed by atoms with E-state index in [1.807, 2.05) is 48.5 Å². The van der Waals surface area contributed by atoms with Crippen molar-refractivity contribution in [1.82, 2.24) is 0 Å². The molecule has 0 saturated heterocycles. The third-order valence-electron chi connectivity index (χ3n) is 3.52. The molecule has 3 heteroatoms. The van der Waals surface area contributed by atoms with Gasteiger partial charge in [0.15, 0.2) is 0 Å². The van der Waals surface area contributed by atoms with Gasteiger partial charge in [-0.1, -0.05) is 24.3 Å². The van der Waals surface area contributed by atoms with Gasteiger partial charge in [0.25, 0.3) is 0 Å². The summed E-state index contributed by atoms with van der Waals surface area (Å²) in [5.74, 6) is 0. The Balaban J connectivity index is 2.18. The number of hydrogen-bond acceptors (Lipinski definition) is 3. The van der Waals surface area contributed by atoms with Crippen molar-refractivity contribution in [2.24, 2.45) is 0 Å². The first-order chi connectivity index (χ1) is 10.6. The molecule has 0 aliphatic heterocycles. The summed E-state index contributed by atoms with van der Waals surface area (Å²) in [6.07, 6.45) is 0. The van der Waals surface area contributed by atoms with E-state index in [0.29, 0.717) is 0 Å². The highest BCUT2D eigenvalue weighted by molar-refractivity contribution is 5.79. The summed E-state index contributed by atoms with van der Waals surface area (Å²) in [4.78, 5) is 2.15. The highest BCUT2D eigenvalue weighted by Crippen LogP contribution is 2.36. The molecule has 0 unspecified atom stereocenters. The van der Waals surface area contributed by atoms with Crippen molar-refractivity contribution in [3.05, 3.63) is 78.4 Å². The van der Waals surface area contributed by atoms with E-state index in [0.717, 1.165) is 28.4 Å². The number of hydrogen-bond donors (Lipinski definition) is 2. The lowest BCUT2D eigenvalue weighted by Crippen LogP contribution is -2.10. The molecule has 0 aliphatic carbocycles. The molecule has 0 saturated carbocycles. The molecular weight excluding hydrogens is 270 g/mol. The Morgan fingerprint density at radius 2 is 1.09 bits per heavy atom. The number of nitrogens with two attached hydrogens (primary N) is 2. The normalized spacial score (nSPS) is 10.4. The van der Waals surface area contributed by atoms with Crippen molar-refractivity contribution < 1.29 is 0 Å². The monoisotopic (exact) mass is 289 g/mol. The molecule has 3 nitrogen and oxygen atoms in total. The number of nitrogen functional groups attached to an aromatic ring is 2. The van der Waals surface area contributed by atoms with E-state index in [-0.39, 0.29) is 0 Å². The largest absolute Gasteiger partial charge is 0.399 e. The Hall–Kier alpha value is -2.94. The first kappa shape index (κ1) is 14.0. The second-order valence-electron chi connectivity index (χ2n) is 5.36. The molecule has 0 aliphatic rings. The second-order valence-corrected chi connectivity index (χ2v) is 5.36. The van der Waals surface area contributed by atoms with Crippen LogP contribution in [-0.4, -0.2) is 0 Å². The van der Waals surface area contributed by atoms with Gasteiger partial charge in [-0.15, -0.1) is 0 Å². The maximum atomic E-state index is 5.96. The van der Waals surface area contributed by atoms with Crippen LogP contribution in [0.3, 0.4) is 0 Å². The molecule has 0 fully saturated rings. The van der Waals surface area contributed by atoms with Gasteiger partial charge in [-0.2, -0.15) is 0 Å². The van der Waals surface area contributed by atoms with Crippen LogP contribution in [0.4, 0.5) is 28.4 Å². The summed E-state index contributed by atoms with van der Waals surface area (Å²) in [5.41, 5.74) is 17.7. The molecule has 0 spiro atoms. The molecule has 3 rings (SSSR count). The average molecular weight is 289 g/mol. The van der Waals surface area contributed by atoms with Crippen LogP contribution in [0.25, 0.3) is 0 Å². The van der Waals surface area contributed by atoms with Crippen molar-refractivity contribution in [1.29, 1.82) is 0 Å². The second kappa shape index (κ2) is 5.82. The van der Waals surface area contributed by atoms with Crippen molar-refractivity contribution in [2.45, 2.75) is 6.92 Å². The number of anilines is 5. The van der Waals surface area contributed by atoms with Gasteiger partial charge in [0.1, 0.15) is 0 Å². The molecule has 3 aromatic carbocycles. The smallest absolute Gasteiger partial charge is 0.0482 e. The van der Waals surface area contributed by atoms with Crippen LogP contribution in [0.15, 0.2) is 72.8 Å². The third-order valence-corrected chi connectivity index (χ3v) is 3.52. The Bertz CT molecular complexity index is 688. The fourth-order valence-corrected chi connectivity index (χ4v) is 2.54. The minimum absolute atomic E-state index is 0.735. The zero-order valence-electron chi connectivity index (χ0n) is 12.5. The minimum Gasteiger partial charge on any atom is -0.399 e. The zero-order chi connectivity index (χ0) is 15.5. The van der Waals surface area contributed by atoms with Crippen molar-refractivity contribution in [2.75, 3.05) is 16.4 Å².